The molecule has 162 valence electrons. The first-order valence-corrected chi connectivity index (χ1v) is 9.13. The number of aromatic hydroxyl groups is 4. The van der Waals surface area contributed by atoms with Crippen molar-refractivity contribution in [3.8, 4) is 28.7 Å². The van der Waals surface area contributed by atoms with Crippen LogP contribution in [0.4, 0.5) is 0 Å². The minimum Gasteiger partial charge on any atom is -0.508 e. The van der Waals surface area contributed by atoms with Crippen LogP contribution < -0.4 is 4.74 Å². The van der Waals surface area contributed by atoms with E-state index in [-0.39, 0.29) is 41.2 Å². The second kappa shape index (κ2) is 12.4. The van der Waals surface area contributed by atoms with Gasteiger partial charge in [0.1, 0.15) is 28.7 Å². The highest BCUT2D eigenvalue weighted by molar-refractivity contribution is 6.32. The van der Waals surface area contributed by atoms with Gasteiger partial charge < -0.3 is 35.4 Å². The fourth-order valence-electron chi connectivity index (χ4n) is 2.29. The molecule has 8 heteroatoms. The summed E-state index contributed by atoms with van der Waals surface area (Å²) in [5.41, 5.74) is 1.83. The number of halogens is 1. The summed E-state index contributed by atoms with van der Waals surface area (Å²) >= 11 is 5.42. The van der Waals surface area contributed by atoms with Crippen LogP contribution in [0.5, 0.6) is 28.7 Å². The summed E-state index contributed by atoms with van der Waals surface area (Å²) in [4.78, 5) is 0. The van der Waals surface area contributed by atoms with Crippen LogP contribution in [0.1, 0.15) is 16.7 Å². The van der Waals surface area contributed by atoms with E-state index < -0.39 is 0 Å². The Hall–Kier alpha value is -3.13. The largest absolute Gasteiger partial charge is 0.508 e. The fourth-order valence-corrected chi connectivity index (χ4v) is 2.40. The lowest BCUT2D eigenvalue weighted by molar-refractivity contribution is 0.263. The zero-order valence-electron chi connectivity index (χ0n) is 16.6. The molecule has 0 saturated heterocycles. The van der Waals surface area contributed by atoms with Crippen molar-refractivity contribution in [3.63, 3.8) is 0 Å². The average Bonchev–Trinajstić information content (AvgIpc) is 2.73. The number of phenolic OH excluding ortho intramolecular Hbond substituents is 3. The topological polar surface area (TPSA) is 131 Å². The van der Waals surface area contributed by atoms with Gasteiger partial charge in [0, 0.05) is 23.3 Å². The molecule has 0 aliphatic rings. The number of rotatable bonds is 3. The summed E-state index contributed by atoms with van der Waals surface area (Å²) in [5, 5.41) is 53.7. The summed E-state index contributed by atoms with van der Waals surface area (Å²) in [6.07, 6.45) is 0. The van der Waals surface area contributed by atoms with Crippen LogP contribution in [0.25, 0.3) is 0 Å². The van der Waals surface area contributed by atoms with Crippen LogP contribution in [0.15, 0.2) is 54.6 Å². The fraction of sp³-hybridized carbons (Fsp3) is 0.182. The van der Waals surface area contributed by atoms with Crippen LogP contribution in [-0.4, -0.2) is 37.7 Å². The van der Waals surface area contributed by atoms with Gasteiger partial charge in [-0.3, -0.25) is 0 Å². The van der Waals surface area contributed by atoms with E-state index in [1.807, 2.05) is 6.92 Å². The normalized spacial score (nSPS) is 9.63. The number of ether oxygens (including phenoxy) is 1. The van der Waals surface area contributed by atoms with Crippen LogP contribution in [0, 0.1) is 6.92 Å². The Bertz CT molecular complexity index is 920. The van der Waals surface area contributed by atoms with Crippen molar-refractivity contribution in [2.45, 2.75) is 20.1 Å². The maximum atomic E-state index is 9.39. The number of aliphatic hydroxyl groups excluding tert-OH is 2. The molecule has 3 aromatic rings. The highest BCUT2D eigenvalue weighted by Crippen LogP contribution is 2.26. The lowest BCUT2D eigenvalue weighted by Gasteiger charge is -2.07. The van der Waals surface area contributed by atoms with E-state index in [1.165, 1.54) is 18.2 Å². The van der Waals surface area contributed by atoms with E-state index in [1.54, 1.807) is 43.5 Å². The van der Waals surface area contributed by atoms with E-state index in [4.69, 9.17) is 41.9 Å². The third-order valence-electron chi connectivity index (χ3n) is 3.74. The van der Waals surface area contributed by atoms with Gasteiger partial charge in [0.05, 0.1) is 25.3 Å². The molecule has 0 saturated carbocycles. The molecular weight excluding hydrogens is 412 g/mol. The monoisotopic (exact) mass is 436 g/mol. The zero-order chi connectivity index (χ0) is 22.7. The predicted molar refractivity (Wildman–Crippen MR) is 114 cm³/mol. The Kier molecular flexibility index (Phi) is 10.3. The van der Waals surface area contributed by atoms with Crippen molar-refractivity contribution >= 4 is 11.6 Å². The van der Waals surface area contributed by atoms with Gasteiger partial charge in [0.15, 0.2) is 0 Å². The highest BCUT2D eigenvalue weighted by Gasteiger charge is 2.06. The minimum absolute atomic E-state index is 0.00870. The first-order chi connectivity index (χ1) is 14.2. The summed E-state index contributed by atoms with van der Waals surface area (Å²) in [5.74, 6) is 0.809. The molecule has 0 aliphatic carbocycles. The van der Waals surface area contributed by atoms with Gasteiger partial charge >= 0.3 is 0 Å². The molecule has 0 spiro atoms. The summed E-state index contributed by atoms with van der Waals surface area (Å²) in [6.45, 7) is 1.43. The Morgan fingerprint density at radius 3 is 1.77 bits per heavy atom. The molecule has 0 aliphatic heterocycles. The molecule has 3 aromatic carbocycles. The summed E-state index contributed by atoms with van der Waals surface area (Å²) < 4.78 is 4.84. The van der Waals surface area contributed by atoms with Crippen LogP contribution in [-0.2, 0) is 13.2 Å². The minimum atomic E-state index is -0.208. The SMILES string of the molecule is COc1cccc(O)c1.Cc1cc(CO)c(O)c(CO)c1.Oc1ccc(Cl)c(O)c1. The average molecular weight is 437 g/mol. The molecule has 3 rings (SSSR count). The van der Waals surface area contributed by atoms with E-state index in [0.29, 0.717) is 16.9 Å². The maximum Gasteiger partial charge on any atom is 0.137 e. The molecule has 0 fully saturated rings. The van der Waals surface area contributed by atoms with Crippen LogP contribution in [0.2, 0.25) is 5.02 Å². The standard InChI is InChI=1S/C9H12O3.C7H8O2.C6H5ClO2/c1-6-2-7(4-10)9(12)8(3-6)5-11;1-9-7-4-2-3-6(8)5-7;7-5-2-1-4(8)3-6(5)9/h2-3,10-12H,4-5H2,1H3;2-5,8H,1H3;1-3,8-9H. The number of aryl methyl sites for hydroxylation is 1. The number of benzene rings is 3. The smallest absolute Gasteiger partial charge is 0.137 e. The van der Waals surface area contributed by atoms with Gasteiger partial charge in [-0.1, -0.05) is 35.4 Å². The number of phenols is 4. The first kappa shape index (κ1) is 24.9. The number of aliphatic hydroxyl groups is 2. The second-order valence-electron chi connectivity index (χ2n) is 6.09. The molecule has 6 N–H and O–H groups in total. The number of hydrogen-bond acceptors (Lipinski definition) is 7. The second-order valence-corrected chi connectivity index (χ2v) is 6.49. The van der Waals surface area contributed by atoms with Crippen molar-refractivity contribution in [1.29, 1.82) is 0 Å². The third kappa shape index (κ3) is 8.08. The predicted octanol–water partition coefficient (Wildman–Crippen LogP) is 3.84. The molecular formula is C22H25ClO7. The van der Waals surface area contributed by atoms with Gasteiger partial charge in [-0.2, -0.15) is 0 Å². The highest BCUT2D eigenvalue weighted by atomic mass is 35.5. The Balaban J connectivity index is 0.000000229. The van der Waals surface area contributed by atoms with Crippen LogP contribution >= 0.6 is 11.6 Å². The van der Waals surface area contributed by atoms with Gasteiger partial charge in [-0.05, 0) is 31.2 Å². The third-order valence-corrected chi connectivity index (χ3v) is 4.06. The summed E-state index contributed by atoms with van der Waals surface area (Å²) in [7, 11) is 1.56. The Morgan fingerprint density at radius 2 is 1.37 bits per heavy atom. The van der Waals surface area contributed by atoms with Crippen molar-refractivity contribution in [3.05, 3.63) is 76.3 Å². The molecule has 7 nitrogen and oxygen atoms in total. The Morgan fingerprint density at radius 1 is 0.800 bits per heavy atom. The van der Waals surface area contributed by atoms with Gasteiger partial charge in [0.25, 0.3) is 0 Å². The lowest BCUT2D eigenvalue weighted by Crippen LogP contribution is -1.92. The maximum absolute atomic E-state index is 9.39. The van der Waals surface area contributed by atoms with Gasteiger partial charge in [-0.15, -0.1) is 0 Å². The van der Waals surface area contributed by atoms with E-state index >= 15 is 0 Å². The van der Waals surface area contributed by atoms with Crippen molar-refractivity contribution < 1.29 is 35.4 Å². The number of hydrogen-bond donors (Lipinski definition) is 6. The molecule has 0 heterocycles. The molecule has 30 heavy (non-hydrogen) atoms. The molecule has 0 unspecified atom stereocenters. The molecule has 0 atom stereocenters. The van der Waals surface area contributed by atoms with Gasteiger partial charge in [-0.25, -0.2) is 0 Å². The molecule has 0 radical (unpaired) electrons. The van der Waals surface area contributed by atoms with Crippen molar-refractivity contribution in [1.82, 2.24) is 0 Å². The van der Waals surface area contributed by atoms with Crippen LogP contribution in [0.3, 0.4) is 0 Å². The molecule has 0 aromatic heterocycles. The summed E-state index contributed by atoms with van der Waals surface area (Å²) in [6, 6.07) is 14.1. The Labute approximate surface area is 179 Å². The molecule has 0 bridgehead atoms. The first-order valence-electron chi connectivity index (χ1n) is 8.75. The van der Waals surface area contributed by atoms with Crippen molar-refractivity contribution in [2.24, 2.45) is 0 Å². The van der Waals surface area contributed by atoms with Gasteiger partial charge in [0.2, 0.25) is 0 Å². The quantitative estimate of drug-likeness (QED) is 0.367. The zero-order valence-corrected chi connectivity index (χ0v) is 17.3. The number of methoxy groups -OCH3 is 1. The lowest BCUT2D eigenvalue weighted by atomic mass is 10.1. The molecule has 0 amide bonds. The van der Waals surface area contributed by atoms with E-state index in [9.17, 15) is 5.11 Å². The van der Waals surface area contributed by atoms with E-state index in [2.05, 4.69) is 0 Å². The van der Waals surface area contributed by atoms with Crippen molar-refractivity contribution in [2.75, 3.05) is 7.11 Å². The van der Waals surface area contributed by atoms with E-state index in [0.717, 1.165) is 5.56 Å².